The highest BCUT2D eigenvalue weighted by Gasteiger charge is 2.23. The van der Waals surface area contributed by atoms with Gasteiger partial charge >= 0.3 is 6.09 Å². The molecular formula is C22H30N4O2. The first-order chi connectivity index (χ1) is 13.7. The number of carbonyl (C=O) groups is 1. The summed E-state index contributed by atoms with van der Waals surface area (Å²) in [6, 6.07) is 15.2. The van der Waals surface area contributed by atoms with Crippen molar-refractivity contribution < 1.29 is 9.53 Å². The second kappa shape index (κ2) is 9.97. The van der Waals surface area contributed by atoms with Gasteiger partial charge in [-0.1, -0.05) is 42.5 Å². The number of guanidine groups is 1. The normalized spacial score (nSPS) is 15.5. The van der Waals surface area contributed by atoms with Gasteiger partial charge in [-0.05, 0) is 42.5 Å². The number of carbonyl (C=O) groups excluding carboxylic acids is 1. The van der Waals surface area contributed by atoms with Gasteiger partial charge in [-0.3, -0.25) is 4.99 Å². The lowest BCUT2D eigenvalue weighted by molar-refractivity contribution is 0.0963. The van der Waals surface area contributed by atoms with E-state index < -0.39 is 0 Å². The van der Waals surface area contributed by atoms with Crippen LogP contribution in [0.4, 0.5) is 4.79 Å². The number of hydrogen-bond donors (Lipinski definition) is 2. The molecule has 0 unspecified atom stereocenters. The summed E-state index contributed by atoms with van der Waals surface area (Å²) in [6.07, 6.45) is 2.51. The Morgan fingerprint density at radius 3 is 2.68 bits per heavy atom. The summed E-state index contributed by atoms with van der Waals surface area (Å²) in [6.45, 7) is 4.49. The highest BCUT2D eigenvalue weighted by atomic mass is 16.6. The molecule has 0 aliphatic carbocycles. The van der Waals surface area contributed by atoms with E-state index in [2.05, 4.69) is 58.1 Å². The van der Waals surface area contributed by atoms with Gasteiger partial charge in [-0.25, -0.2) is 4.79 Å². The van der Waals surface area contributed by atoms with Gasteiger partial charge in [-0.2, -0.15) is 0 Å². The number of benzene rings is 2. The summed E-state index contributed by atoms with van der Waals surface area (Å²) in [5.41, 5.74) is 1.34. The Labute approximate surface area is 167 Å². The molecule has 6 nitrogen and oxygen atoms in total. The number of amides is 1. The van der Waals surface area contributed by atoms with Crippen LogP contribution in [0.2, 0.25) is 0 Å². The zero-order valence-corrected chi connectivity index (χ0v) is 16.8. The molecule has 1 aliphatic heterocycles. The molecule has 1 saturated heterocycles. The van der Waals surface area contributed by atoms with E-state index >= 15 is 0 Å². The lowest BCUT2D eigenvalue weighted by atomic mass is 10.0. The minimum Gasteiger partial charge on any atom is -0.450 e. The Bertz CT molecular complexity index is 808. The topological polar surface area (TPSA) is 66.0 Å². The first-order valence-electron chi connectivity index (χ1n) is 10.1. The number of piperidine rings is 1. The van der Waals surface area contributed by atoms with Crippen LogP contribution >= 0.6 is 0 Å². The molecule has 1 amide bonds. The number of nitrogens with one attached hydrogen (secondary N) is 2. The molecule has 1 aliphatic rings. The molecule has 2 N–H and O–H groups in total. The molecule has 2 aromatic carbocycles. The third-order valence-corrected chi connectivity index (χ3v) is 5.15. The number of nitrogens with zero attached hydrogens (tertiary/aromatic N) is 2. The van der Waals surface area contributed by atoms with Crippen molar-refractivity contribution in [3.05, 3.63) is 48.0 Å². The minimum absolute atomic E-state index is 0.210. The number of fused-ring (bicyclic) bond motifs is 1. The largest absolute Gasteiger partial charge is 0.450 e. The summed E-state index contributed by atoms with van der Waals surface area (Å²) in [5, 5.41) is 9.48. The molecule has 0 spiro atoms. The van der Waals surface area contributed by atoms with Gasteiger partial charge in [0.15, 0.2) is 5.96 Å². The molecule has 1 fully saturated rings. The van der Waals surface area contributed by atoms with Crippen LogP contribution in [0.1, 0.15) is 25.3 Å². The summed E-state index contributed by atoms with van der Waals surface area (Å²) in [5.74, 6) is 0.815. The summed E-state index contributed by atoms with van der Waals surface area (Å²) in [7, 11) is 1.79. The predicted octanol–water partition coefficient (Wildman–Crippen LogP) is 3.17. The van der Waals surface area contributed by atoms with Gasteiger partial charge in [0.05, 0.1) is 6.61 Å². The summed E-state index contributed by atoms with van der Waals surface area (Å²) >= 11 is 0. The molecule has 2 aromatic rings. The summed E-state index contributed by atoms with van der Waals surface area (Å²) < 4.78 is 5.08. The standard InChI is InChI=1S/C22H30N4O2/c1-3-28-22(27)26-15-12-19(13-16-26)25-21(23-2)24-14-11-18-9-6-8-17-7-4-5-10-20(17)18/h4-10,19H,3,11-16H2,1-2H3,(H2,23,24,25). The molecule has 0 bridgehead atoms. The van der Waals surface area contributed by atoms with Crippen molar-refractivity contribution in [2.45, 2.75) is 32.2 Å². The van der Waals surface area contributed by atoms with Gasteiger partial charge < -0.3 is 20.3 Å². The first kappa shape index (κ1) is 20.0. The van der Waals surface area contributed by atoms with Crippen molar-refractivity contribution in [3.8, 4) is 0 Å². The van der Waals surface area contributed by atoms with Gasteiger partial charge in [0.1, 0.15) is 0 Å². The van der Waals surface area contributed by atoms with Crippen LogP contribution in [0.5, 0.6) is 0 Å². The molecule has 3 rings (SSSR count). The zero-order valence-electron chi connectivity index (χ0n) is 16.8. The molecule has 0 atom stereocenters. The molecule has 1 heterocycles. The Hall–Kier alpha value is -2.76. The maximum absolute atomic E-state index is 11.8. The number of aliphatic imine (C=N–C) groups is 1. The number of likely N-dealkylation sites (tertiary alicyclic amines) is 1. The van der Waals surface area contributed by atoms with E-state index in [9.17, 15) is 4.79 Å². The number of hydrogen-bond acceptors (Lipinski definition) is 3. The van der Waals surface area contributed by atoms with Crippen molar-refractivity contribution in [1.82, 2.24) is 15.5 Å². The summed E-state index contributed by atoms with van der Waals surface area (Å²) in [4.78, 5) is 17.9. The van der Waals surface area contributed by atoms with Crippen LogP contribution in [-0.4, -0.2) is 56.3 Å². The van der Waals surface area contributed by atoms with Gasteiger partial charge in [0.25, 0.3) is 0 Å². The van der Waals surface area contributed by atoms with Gasteiger partial charge in [0.2, 0.25) is 0 Å². The van der Waals surface area contributed by atoms with Crippen molar-refractivity contribution in [1.29, 1.82) is 0 Å². The fourth-order valence-corrected chi connectivity index (χ4v) is 3.64. The Morgan fingerprint density at radius 2 is 1.93 bits per heavy atom. The molecule has 0 saturated carbocycles. The second-order valence-electron chi connectivity index (χ2n) is 6.99. The van der Waals surface area contributed by atoms with Crippen molar-refractivity contribution in [2.24, 2.45) is 4.99 Å². The molecule has 150 valence electrons. The first-order valence-corrected chi connectivity index (χ1v) is 10.1. The minimum atomic E-state index is -0.210. The zero-order chi connectivity index (χ0) is 19.8. The maximum Gasteiger partial charge on any atom is 0.409 e. The molecule has 0 aromatic heterocycles. The van der Waals surface area contributed by atoms with Crippen LogP contribution in [-0.2, 0) is 11.2 Å². The van der Waals surface area contributed by atoms with Crippen molar-refractivity contribution in [3.63, 3.8) is 0 Å². The fraction of sp³-hybridized carbons (Fsp3) is 0.455. The Morgan fingerprint density at radius 1 is 1.18 bits per heavy atom. The van der Waals surface area contributed by atoms with E-state index in [1.54, 1.807) is 11.9 Å². The van der Waals surface area contributed by atoms with Gasteiger partial charge in [0, 0.05) is 32.7 Å². The second-order valence-corrected chi connectivity index (χ2v) is 6.99. The predicted molar refractivity (Wildman–Crippen MR) is 114 cm³/mol. The van der Waals surface area contributed by atoms with Crippen molar-refractivity contribution >= 4 is 22.8 Å². The third-order valence-electron chi connectivity index (χ3n) is 5.15. The maximum atomic E-state index is 11.8. The highest BCUT2D eigenvalue weighted by molar-refractivity contribution is 5.85. The van der Waals surface area contributed by atoms with E-state index in [4.69, 9.17) is 4.74 Å². The number of rotatable bonds is 5. The quantitative estimate of drug-likeness (QED) is 0.616. The third kappa shape index (κ3) is 5.15. The lowest BCUT2D eigenvalue weighted by Gasteiger charge is -2.32. The van der Waals surface area contributed by atoms with Crippen LogP contribution in [0, 0.1) is 0 Å². The highest BCUT2D eigenvalue weighted by Crippen LogP contribution is 2.18. The van der Waals surface area contributed by atoms with Crippen LogP contribution in [0.25, 0.3) is 10.8 Å². The van der Waals surface area contributed by atoms with Crippen LogP contribution in [0.15, 0.2) is 47.5 Å². The molecule has 28 heavy (non-hydrogen) atoms. The van der Waals surface area contributed by atoms with E-state index in [0.717, 1.165) is 31.8 Å². The average Bonchev–Trinajstić information content (AvgIpc) is 2.74. The smallest absolute Gasteiger partial charge is 0.409 e. The van der Waals surface area contributed by atoms with Gasteiger partial charge in [-0.15, -0.1) is 0 Å². The monoisotopic (exact) mass is 382 g/mol. The van der Waals surface area contributed by atoms with Crippen LogP contribution < -0.4 is 10.6 Å². The Kier molecular flexibility index (Phi) is 7.12. The van der Waals surface area contributed by atoms with E-state index in [1.807, 2.05) is 6.92 Å². The number of ether oxygens (including phenoxy) is 1. The average molecular weight is 383 g/mol. The molecular weight excluding hydrogens is 352 g/mol. The van der Waals surface area contributed by atoms with E-state index in [1.165, 1.54) is 16.3 Å². The SMILES string of the molecule is CCOC(=O)N1CCC(NC(=NC)NCCc2cccc3ccccc23)CC1. The van der Waals surface area contributed by atoms with E-state index in [-0.39, 0.29) is 6.09 Å². The fourth-order valence-electron chi connectivity index (χ4n) is 3.64. The Balaban J connectivity index is 1.46. The van der Waals surface area contributed by atoms with Crippen molar-refractivity contribution in [2.75, 3.05) is 33.3 Å². The molecule has 0 radical (unpaired) electrons. The van der Waals surface area contributed by atoms with Crippen LogP contribution in [0.3, 0.4) is 0 Å². The van der Waals surface area contributed by atoms with E-state index in [0.29, 0.717) is 25.7 Å². The molecule has 6 heteroatoms. The lowest BCUT2D eigenvalue weighted by Crippen LogP contribution is -2.50.